The first-order chi connectivity index (χ1) is 5.65. The maximum absolute atomic E-state index is 3.96. The summed E-state index contributed by atoms with van der Waals surface area (Å²) in [6, 6.07) is 2.20. The van der Waals surface area contributed by atoms with Crippen molar-refractivity contribution in [3.8, 4) is 0 Å². The molecule has 0 nitrogen and oxygen atoms in total. The van der Waals surface area contributed by atoms with Crippen molar-refractivity contribution in [3.63, 3.8) is 0 Å². The van der Waals surface area contributed by atoms with Crippen LogP contribution in [0.15, 0.2) is 18.7 Å². The smallest absolute Gasteiger partial charge is 0.0368 e. The van der Waals surface area contributed by atoms with E-state index in [0.717, 1.165) is 5.57 Å². The molecule has 64 valence electrons. The average Bonchev–Trinajstić information content (AvgIpc) is 2.32. The van der Waals surface area contributed by atoms with Gasteiger partial charge < -0.3 is 0 Å². The summed E-state index contributed by atoms with van der Waals surface area (Å²) >= 11 is 1.81. The van der Waals surface area contributed by atoms with Gasteiger partial charge in [-0.25, -0.2) is 0 Å². The number of allylic oxidation sites excluding steroid dienone is 2. The van der Waals surface area contributed by atoms with Gasteiger partial charge in [-0.15, -0.1) is 11.3 Å². The van der Waals surface area contributed by atoms with Crippen molar-refractivity contribution in [1.82, 2.24) is 0 Å². The molecule has 0 aromatic carbocycles. The van der Waals surface area contributed by atoms with Crippen molar-refractivity contribution in [1.29, 1.82) is 0 Å². The highest BCUT2D eigenvalue weighted by molar-refractivity contribution is 7.13. The number of hydrogen-bond acceptors (Lipinski definition) is 1. The van der Waals surface area contributed by atoms with E-state index in [2.05, 4.69) is 38.6 Å². The number of thiophene rings is 1. The fourth-order valence-electron chi connectivity index (χ4n) is 1.17. The molecule has 0 bridgehead atoms. The predicted octanol–water partition coefficient (Wildman–Crippen LogP) is 4.12. The zero-order valence-electron chi connectivity index (χ0n) is 7.85. The normalized spacial score (nSPS) is 10.9. The van der Waals surface area contributed by atoms with Crippen molar-refractivity contribution in [2.75, 3.05) is 0 Å². The third kappa shape index (κ3) is 1.86. The van der Waals surface area contributed by atoms with E-state index < -0.39 is 0 Å². The first-order valence-electron chi connectivity index (χ1n) is 4.04. The molecule has 0 saturated carbocycles. The first kappa shape index (κ1) is 9.27. The van der Waals surface area contributed by atoms with Crippen molar-refractivity contribution < 1.29 is 0 Å². The molecule has 1 rings (SSSR count). The Morgan fingerprint density at radius 1 is 1.58 bits per heavy atom. The Labute approximate surface area is 78.2 Å². The molecule has 12 heavy (non-hydrogen) atoms. The van der Waals surface area contributed by atoms with Crippen LogP contribution in [0.4, 0.5) is 0 Å². The Morgan fingerprint density at radius 2 is 2.25 bits per heavy atom. The Bertz CT molecular complexity index is 316. The highest BCUT2D eigenvalue weighted by Gasteiger charge is 2.03. The van der Waals surface area contributed by atoms with Gasteiger partial charge in [0.25, 0.3) is 0 Å². The summed E-state index contributed by atoms with van der Waals surface area (Å²) in [5, 5.41) is 0. The van der Waals surface area contributed by atoms with E-state index in [1.807, 2.05) is 18.3 Å². The molecule has 0 N–H and O–H groups in total. The average molecular weight is 178 g/mol. The summed E-state index contributed by atoms with van der Waals surface area (Å²) in [5.41, 5.74) is 2.45. The van der Waals surface area contributed by atoms with Gasteiger partial charge in [0.15, 0.2) is 0 Å². The second-order valence-corrected chi connectivity index (χ2v) is 4.18. The molecule has 1 heteroatoms. The second kappa shape index (κ2) is 3.72. The van der Waals surface area contributed by atoms with Crippen LogP contribution >= 0.6 is 11.3 Å². The third-order valence-corrected chi connectivity index (χ3v) is 2.85. The van der Waals surface area contributed by atoms with E-state index in [4.69, 9.17) is 0 Å². The fourth-order valence-corrected chi connectivity index (χ4v) is 2.10. The molecule has 0 radical (unpaired) electrons. The topological polar surface area (TPSA) is 0 Å². The summed E-state index contributed by atoms with van der Waals surface area (Å²) in [4.78, 5) is 2.66. The SMILES string of the molecule is C=C(C)c1sc(C)cc1/C=C\C. The van der Waals surface area contributed by atoms with E-state index in [0.29, 0.717) is 0 Å². The number of aryl methyl sites for hydroxylation is 1. The Balaban J connectivity index is 3.17. The molecule has 0 aliphatic heterocycles. The summed E-state index contributed by atoms with van der Waals surface area (Å²) in [7, 11) is 0. The van der Waals surface area contributed by atoms with E-state index in [-0.39, 0.29) is 0 Å². The minimum atomic E-state index is 1.15. The third-order valence-electron chi connectivity index (χ3n) is 1.62. The highest BCUT2D eigenvalue weighted by atomic mass is 32.1. The van der Waals surface area contributed by atoms with Gasteiger partial charge >= 0.3 is 0 Å². The summed E-state index contributed by atoms with van der Waals surface area (Å²) in [6.45, 7) is 10.2. The van der Waals surface area contributed by atoms with Crippen LogP contribution in [0, 0.1) is 6.92 Å². The van der Waals surface area contributed by atoms with E-state index in [1.165, 1.54) is 15.3 Å². The van der Waals surface area contributed by atoms with Crippen molar-refractivity contribution in [2.45, 2.75) is 20.8 Å². The molecule has 0 amide bonds. The molecule has 0 spiro atoms. The van der Waals surface area contributed by atoms with Gasteiger partial charge in [-0.3, -0.25) is 0 Å². The van der Waals surface area contributed by atoms with Gasteiger partial charge in [0.1, 0.15) is 0 Å². The van der Waals surface area contributed by atoms with E-state index in [9.17, 15) is 0 Å². The van der Waals surface area contributed by atoms with Crippen LogP contribution in [-0.4, -0.2) is 0 Å². The standard InChI is InChI=1S/C11H14S/c1-5-6-10-7-9(4)12-11(10)8(2)3/h5-7H,2H2,1,3-4H3/b6-5-. The van der Waals surface area contributed by atoms with Crippen LogP contribution in [0.3, 0.4) is 0 Å². The molecular weight excluding hydrogens is 164 g/mol. The Morgan fingerprint density at radius 3 is 2.75 bits per heavy atom. The van der Waals surface area contributed by atoms with Crippen LogP contribution < -0.4 is 0 Å². The zero-order chi connectivity index (χ0) is 9.14. The van der Waals surface area contributed by atoms with Gasteiger partial charge in [-0.2, -0.15) is 0 Å². The highest BCUT2D eigenvalue weighted by Crippen LogP contribution is 2.28. The molecular formula is C11H14S. The quantitative estimate of drug-likeness (QED) is 0.639. The minimum absolute atomic E-state index is 1.15. The lowest BCUT2D eigenvalue weighted by Crippen LogP contribution is -1.73. The van der Waals surface area contributed by atoms with Crippen LogP contribution in [0.2, 0.25) is 0 Å². The fraction of sp³-hybridized carbons (Fsp3) is 0.273. The molecule has 0 fully saturated rings. The van der Waals surface area contributed by atoms with Crippen LogP contribution in [0.1, 0.15) is 29.2 Å². The molecule has 0 saturated heterocycles. The zero-order valence-corrected chi connectivity index (χ0v) is 8.66. The van der Waals surface area contributed by atoms with Crippen LogP contribution in [-0.2, 0) is 0 Å². The summed E-state index contributed by atoms with van der Waals surface area (Å²) in [6.07, 6.45) is 4.20. The second-order valence-electron chi connectivity index (χ2n) is 2.92. The van der Waals surface area contributed by atoms with Gasteiger partial charge in [-0.05, 0) is 38.0 Å². The molecule has 1 heterocycles. The van der Waals surface area contributed by atoms with Gasteiger partial charge in [0.05, 0.1) is 0 Å². The maximum atomic E-state index is 3.96. The van der Waals surface area contributed by atoms with Crippen molar-refractivity contribution >= 4 is 23.0 Å². The number of rotatable bonds is 2. The van der Waals surface area contributed by atoms with Crippen LogP contribution in [0.25, 0.3) is 11.6 Å². The lowest BCUT2D eigenvalue weighted by molar-refractivity contribution is 1.61. The molecule has 0 aliphatic rings. The molecule has 1 aromatic heterocycles. The first-order valence-corrected chi connectivity index (χ1v) is 4.86. The van der Waals surface area contributed by atoms with E-state index >= 15 is 0 Å². The Kier molecular flexibility index (Phi) is 2.88. The van der Waals surface area contributed by atoms with Gasteiger partial charge in [0, 0.05) is 9.75 Å². The number of hydrogen-bond donors (Lipinski definition) is 0. The van der Waals surface area contributed by atoms with Crippen LogP contribution in [0.5, 0.6) is 0 Å². The minimum Gasteiger partial charge on any atom is -0.140 e. The predicted molar refractivity (Wildman–Crippen MR) is 58.5 cm³/mol. The van der Waals surface area contributed by atoms with Gasteiger partial charge in [0.2, 0.25) is 0 Å². The Hall–Kier alpha value is -0.820. The summed E-state index contributed by atoms with van der Waals surface area (Å²) < 4.78 is 0. The van der Waals surface area contributed by atoms with Crippen molar-refractivity contribution in [2.24, 2.45) is 0 Å². The van der Waals surface area contributed by atoms with E-state index in [1.54, 1.807) is 0 Å². The largest absolute Gasteiger partial charge is 0.140 e. The lowest BCUT2D eigenvalue weighted by atomic mass is 10.1. The monoisotopic (exact) mass is 178 g/mol. The van der Waals surface area contributed by atoms with Crippen molar-refractivity contribution in [3.05, 3.63) is 34.0 Å². The molecule has 1 aromatic rings. The lowest BCUT2D eigenvalue weighted by Gasteiger charge is -1.95. The molecule has 0 unspecified atom stereocenters. The maximum Gasteiger partial charge on any atom is 0.0368 e. The summed E-state index contributed by atoms with van der Waals surface area (Å²) in [5.74, 6) is 0. The molecule has 0 atom stereocenters. The van der Waals surface area contributed by atoms with Gasteiger partial charge in [-0.1, -0.05) is 18.7 Å². The molecule has 0 aliphatic carbocycles.